The standard InChI is InChI=1S/C13H18FN3O2/c1-15-8-11-5-3-7-16(11)9-10-4-2-6-12(13(10)14)17(18)19/h2,4,6,11,15H,3,5,7-9H2,1H3. The molecule has 0 bridgehead atoms. The monoisotopic (exact) mass is 267 g/mol. The molecule has 2 rings (SSSR count). The molecule has 0 radical (unpaired) electrons. The number of nitro benzene ring substituents is 1. The first-order chi connectivity index (χ1) is 9.13. The molecule has 1 atom stereocenters. The number of likely N-dealkylation sites (tertiary alicyclic amines) is 1. The van der Waals surface area contributed by atoms with Gasteiger partial charge in [0.1, 0.15) is 0 Å². The molecule has 0 aliphatic carbocycles. The normalized spacial score (nSPS) is 19.8. The van der Waals surface area contributed by atoms with Gasteiger partial charge in [0.25, 0.3) is 0 Å². The van der Waals surface area contributed by atoms with Gasteiger partial charge >= 0.3 is 5.69 Å². The summed E-state index contributed by atoms with van der Waals surface area (Å²) in [6, 6.07) is 4.74. The van der Waals surface area contributed by atoms with E-state index in [1.807, 2.05) is 7.05 Å². The van der Waals surface area contributed by atoms with Gasteiger partial charge in [-0.3, -0.25) is 15.0 Å². The lowest BCUT2D eigenvalue weighted by atomic mass is 10.1. The average Bonchev–Trinajstić information content (AvgIpc) is 2.79. The van der Waals surface area contributed by atoms with Gasteiger partial charge in [-0.05, 0) is 26.4 Å². The van der Waals surface area contributed by atoms with Crippen molar-refractivity contribution < 1.29 is 9.31 Å². The van der Waals surface area contributed by atoms with Gasteiger partial charge in [-0.1, -0.05) is 12.1 Å². The summed E-state index contributed by atoms with van der Waals surface area (Å²) in [7, 11) is 1.89. The van der Waals surface area contributed by atoms with Gasteiger partial charge in [0.15, 0.2) is 0 Å². The van der Waals surface area contributed by atoms with Crippen LogP contribution in [0.25, 0.3) is 0 Å². The van der Waals surface area contributed by atoms with Gasteiger partial charge in [0, 0.05) is 30.8 Å². The third-order valence-electron chi connectivity index (χ3n) is 3.57. The maximum absolute atomic E-state index is 14.0. The van der Waals surface area contributed by atoms with Gasteiger partial charge in [0.2, 0.25) is 5.82 Å². The minimum absolute atomic E-state index is 0.378. The highest BCUT2D eigenvalue weighted by atomic mass is 19.1. The SMILES string of the molecule is CNCC1CCCN1Cc1cccc([N+](=O)[O-])c1F. The van der Waals surface area contributed by atoms with Crippen molar-refractivity contribution in [1.82, 2.24) is 10.2 Å². The first kappa shape index (κ1) is 13.9. The van der Waals surface area contributed by atoms with E-state index in [1.165, 1.54) is 6.07 Å². The lowest BCUT2D eigenvalue weighted by Gasteiger charge is -2.24. The molecular formula is C13H18FN3O2. The number of nitrogens with one attached hydrogen (secondary N) is 1. The van der Waals surface area contributed by atoms with Gasteiger partial charge < -0.3 is 5.32 Å². The van der Waals surface area contributed by atoms with Crippen LogP contribution in [-0.4, -0.2) is 36.0 Å². The maximum atomic E-state index is 14.0. The van der Waals surface area contributed by atoms with Crippen LogP contribution < -0.4 is 5.32 Å². The number of nitro groups is 1. The van der Waals surface area contributed by atoms with E-state index in [0.29, 0.717) is 18.2 Å². The summed E-state index contributed by atoms with van der Waals surface area (Å²) < 4.78 is 14.0. The van der Waals surface area contributed by atoms with Crippen molar-refractivity contribution in [3.05, 3.63) is 39.7 Å². The van der Waals surface area contributed by atoms with Crippen LogP contribution in [-0.2, 0) is 6.54 Å². The van der Waals surface area contributed by atoms with Crippen LogP contribution >= 0.6 is 0 Å². The van der Waals surface area contributed by atoms with E-state index in [2.05, 4.69) is 10.2 Å². The molecule has 0 amide bonds. The molecule has 5 nitrogen and oxygen atoms in total. The molecule has 1 aliphatic heterocycles. The van der Waals surface area contributed by atoms with Gasteiger partial charge in [0.05, 0.1) is 4.92 Å². The van der Waals surface area contributed by atoms with E-state index in [-0.39, 0.29) is 0 Å². The zero-order valence-electron chi connectivity index (χ0n) is 10.9. The van der Waals surface area contributed by atoms with E-state index < -0.39 is 16.4 Å². The predicted octanol–water partition coefficient (Wildman–Crippen LogP) is 1.92. The molecule has 1 saturated heterocycles. The summed E-state index contributed by atoms with van der Waals surface area (Å²) in [4.78, 5) is 12.2. The van der Waals surface area contributed by atoms with Crippen molar-refractivity contribution in [3.63, 3.8) is 0 Å². The van der Waals surface area contributed by atoms with E-state index in [1.54, 1.807) is 12.1 Å². The molecule has 1 aromatic rings. The maximum Gasteiger partial charge on any atom is 0.305 e. The fraction of sp³-hybridized carbons (Fsp3) is 0.538. The smallest absolute Gasteiger partial charge is 0.305 e. The topological polar surface area (TPSA) is 58.4 Å². The number of hydrogen-bond acceptors (Lipinski definition) is 4. The molecular weight excluding hydrogens is 249 g/mol. The Morgan fingerprint density at radius 3 is 3.05 bits per heavy atom. The molecule has 0 saturated carbocycles. The van der Waals surface area contributed by atoms with Crippen molar-refractivity contribution in [2.24, 2.45) is 0 Å². The van der Waals surface area contributed by atoms with Crippen molar-refractivity contribution in [1.29, 1.82) is 0 Å². The van der Waals surface area contributed by atoms with Crippen LogP contribution in [0.2, 0.25) is 0 Å². The summed E-state index contributed by atoms with van der Waals surface area (Å²) in [6.45, 7) is 2.20. The van der Waals surface area contributed by atoms with Gasteiger partial charge in [-0.15, -0.1) is 0 Å². The fourth-order valence-electron chi connectivity index (χ4n) is 2.62. The fourth-order valence-corrected chi connectivity index (χ4v) is 2.62. The summed E-state index contributed by atoms with van der Waals surface area (Å²) in [5.74, 6) is -0.706. The number of halogens is 1. The zero-order chi connectivity index (χ0) is 13.8. The highest BCUT2D eigenvalue weighted by Crippen LogP contribution is 2.24. The summed E-state index contributed by atoms with van der Waals surface area (Å²) in [5, 5.41) is 13.8. The molecule has 104 valence electrons. The van der Waals surface area contributed by atoms with E-state index >= 15 is 0 Å². The number of rotatable bonds is 5. The summed E-state index contributed by atoms with van der Waals surface area (Å²) in [6.07, 6.45) is 2.17. The highest BCUT2D eigenvalue weighted by molar-refractivity contribution is 5.36. The zero-order valence-corrected chi connectivity index (χ0v) is 10.9. The number of hydrogen-bond donors (Lipinski definition) is 1. The molecule has 1 aliphatic rings. The Labute approximate surface area is 111 Å². The number of nitrogens with zero attached hydrogens (tertiary/aromatic N) is 2. The molecule has 1 unspecified atom stereocenters. The first-order valence-corrected chi connectivity index (χ1v) is 6.44. The Morgan fingerprint density at radius 1 is 1.58 bits per heavy atom. The molecule has 1 N–H and O–H groups in total. The van der Waals surface area contributed by atoms with Gasteiger partial charge in [-0.2, -0.15) is 4.39 Å². The van der Waals surface area contributed by atoms with Crippen molar-refractivity contribution in [2.45, 2.75) is 25.4 Å². The lowest BCUT2D eigenvalue weighted by molar-refractivity contribution is -0.387. The molecule has 1 fully saturated rings. The second kappa shape index (κ2) is 6.08. The van der Waals surface area contributed by atoms with Crippen LogP contribution in [0, 0.1) is 15.9 Å². The van der Waals surface area contributed by atoms with Crippen LogP contribution in [0.3, 0.4) is 0 Å². The molecule has 0 spiro atoms. The van der Waals surface area contributed by atoms with E-state index in [4.69, 9.17) is 0 Å². The van der Waals surface area contributed by atoms with Crippen molar-refractivity contribution >= 4 is 5.69 Å². The average molecular weight is 267 g/mol. The Balaban J connectivity index is 2.15. The van der Waals surface area contributed by atoms with Crippen LogP contribution in [0.5, 0.6) is 0 Å². The summed E-state index contributed by atoms with van der Waals surface area (Å²) in [5.41, 5.74) is -0.0425. The lowest BCUT2D eigenvalue weighted by Crippen LogP contribution is -2.36. The van der Waals surface area contributed by atoms with E-state index in [9.17, 15) is 14.5 Å². The van der Waals surface area contributed by atoms with Crippen LogP contribution in [0.15, 0.2) is 18.2 Å². The van der Waals surface area contributed by atoms with Gasteiger partial charge in [-0.25, -0.2) is 0 Å². The largest absolute Gasteiger partial charge is 0.318 e. The Kier molecular flexibility index (Phi) is 4.44. The quantitative estimate of drug-likeness (QED) is 0.654. The Morgan fingerprint density at radius 2 is 2.37 bits per heavy atom. The Hall–Kier alpha value is -1.53. The first-order valence-electron chi connectivity index (χ1n) is 6.44. The van der Waals surface area contributed by atoms with Crippen molar-refractivity contribution in [2.75, 3.05) is 20.1 Å². The summed E-state index contributed by atoms with van der Waals surface area (Å²) >= 11 is 0. The molecule has 1 heterocycles. The van der Waals surface area contributed by atoms with Crippen LogP contribution in [0.4, 0.5) is 10.1 Å². The molecule has 1 aromatic carbocycles. The predicted molar refractivity (Wildman–Crippen MR) is 70.4 cm³/mol. The Bertz CT molecular complexity index is 467. The number of benzene rings is 1. The van der Waals surface area contributed by atoms with Crippen LogP contribution in [0.1, 0.15) is 18.4 Å². The third-order valence-corrected chi connectivity index (χ3v) is 3.57. The minimum Gasteiger partial charge on any atom is -0.318 e. The molecule has 6 heteroatoms. The third kappa shape index (κ3) is 3.08. The number of likely N-dealkylation sites (N-methyl/N-ethyl adjacent to an activating group) is 1. The van der Waals surface area contributed by atoms with Crippen molar-refractivity contribution in [3.8, 4) is 0 Å². The highest BCUT2D eigenvalue weighted by Gasteiger charge is 2.26. The second-order valence-electron chi connectivity index (χ2n) is 4.83. The van der Waals surface area contributed by atoms with E-state index in [0.717, 1.165) is 25.9 Å². The second-order valence-corrected chi connectivity index (χ2v) is 4.83. The molecule has 19 heavy (non-hydrogen) atoms. The minimum atomic E-state index is -0.706. The molecule has 0 aromatic heterocycles.